The monoisotopic (exact) mass is 386 g/mol. The Morgan fingerprint density at radius 1 is 1.10 bits per heavy atom. The fourth-order valence-electron chi connectivity index (χ4n) is 4.79. The first-order chi connectivity index (χ1) is 13.7. The molecule has 2 aliphatic carbocycles. The summed E-state index contributed by atoms with van der Waals surface area (Å²) in [6.45, 7) is 6.62. The lowest BCUT2D eigenvalue weighted by Crippen LogP contribution is -2.44. The van der Waals surface area contributed by atoms with Crippen molar-refractivity contribution in [1.82, 2.24) is 0 Å². The minimum Gasteiger partial charge on any atom is -0.497 e. The molecule has 5 nitrogen and oxygen atoms in total. The van der Waals surface area contributed by atoms with Crippen LogP contribution in [0, 0.1) is 56.7 Å². The third-order valence-corrected chi connectivity index (χ3v) is 6.58. The number of ether oxygens (including phenoxy) is 1. The van der Waals surface area contributed by atoms with Gasteiger partial charge in [-0.3, -0.25) is 0 Å². The lowest BCUT2D eigenvalue weighted by Gasteiger charge is -2.47. The summed E-state index contributed by atoms with van der Waals surface area (Å²) in [4.78, 5) is 0. The van der Waals surface area contributed by atoms with E-state index in [4.69, 9.17) is 10.5 Å². The summed E-state index contributed by atoms with van der Waals surface area (Å²) in [5.41, 5.74) is 6.96. The van der Waals surface area contributed by atoms with E-state index in [2.05, 4.69) is 45.1 Å². The molecule has 0 aromatic heterocycles. The highest BCUT2D eigenvalue weighted by Gasteiger charge is 2.55. The van der Waals surface area contributed by atoms with Crippen LogP contribution in [0.25, 0.3) is 0 Å². The summed E-state index contributed by atoms with van der Waals surface area (Å²) in [5, 5.41) is 30.1. The molecule has 0 saturated carbocycles. The van der Waals surface area contributed by atoms with Crippen LogP contribution in [0.1, 0.15) is 45.1 Å². The smallest absolute Gasteiger partial charge is 0.191 e. The molecule has 2 aliphatic rings. The first kappa shape index (κ1) is 20.5. The van der Waals surface area contributed by atoms with Crippen molar-refractivity contribution in [3.63, 3.8) is 0 Å². The van der Waals surface area contributed by atoms with E-state index in [9.17, 15) is 15.8 Å². The number of hydrogen-bond acceptors (Lipinski definition) is 5. The van der Waals surface area contributed by atoms with Crippen molar-refractivity contribution in [2.24, 2.45) is 28.4 Å². The fourth-order valence-corrected chi connectivity index (χ4v) is 4.79. The van der Waals surface area contributed by atoms with Crippen molar-refractivity contribution >= 4 is 0 Å². The van der Waals surface area contributed by atoms with Crippen LogP contribution in [0.3, 0.4) is 0 Å². The molecular formula is C24H26N4O. The van der Waals surface area contributed by atoms with Gasteiger partial charge in [-0.05, 0) is 53.4 Å². The molecule has 148 valence electrons. The van der Waals surface area contributed by atoms with Crippen molar-refractivity contribution in [2.75, 3.05) is 7.11 Å². The van der Waals surface area contributed by atoms with E-state index in [0.717, 1.165) is 24.0 Å². The molecule has 1 aromatic carbocycles. The van der Waals surface area contributed by atoms with Gasteiger partial charge in [0.1, 0.15) is 11.8 Å². The maximum atomic E-state index is 10.1. The minimum atomic E-state index is -1.58. The molecule has 3 rings (SSSR count). The summed E-state index contributed by atoms with van der Waals surface area (Å²) in [6, 6.07) is 14.0. The Kier molecular flexibility index (Phi) is 5.16. The molecule has 0 amide bonds. The Morgan fingerprint density at radius 3 is 2.21 bits per heavy atom. The largest absolute Gasteiger partial charge is 0.497 e. The number of benzene rings is 1. The molecular weight excluding hydrogens is 360 g/mol. The quantitative estimate of drug-likeness (QED) is 0.802. The maximum absolute atomic E-state index is 10.1. The predicted octanol–water partition coefficient (Wildman–Crippen LogP) is 4.56. The molecule has 0 aliphatic heterocycles. The van der Waals surface area contributed by atoms with Crippen molar-refractivity contribution in [3.05, 3.63) is 52.7 Å². The first-order valence-electron chi connectivity index (χ1n) is 9.80. The Bertz CT molecular complexity index is 976. The van der Waals surface area contributed by atoms with E-state index >= 15 is 0 Å². The SMILES string of the molecule is COc1ccc(C2C3CC(C(C)(C)C)CC=C3C(C#N)=C(N)C2(C#N)C#N)cc1. The van der Waals surface area contributed by atoms with Crippen LogP contribution >= 0.6 is 0 Å². The van der Waals surface area contributed by atoms with Crippen LogP contribution in [0.5, 0.6) is 5.75 Å². The predicted molar refractivity (Wildman–Crippen MR) is 110 cm³/mol. The van der Waals surface area contributed by atoms with Gasteiger partial charge in [-0.1, -0.05) is 39.0 Å². The maximum Gasteiger partial charge on any atom is 0.191 e. The molecule has 0 fully saturated rings. The number of methoxy groups -OCH3 is 1. The second kappa shape index (κ2) is 7.31. The van der Waals surface area contributed by atoms with Gasteiger partial charge in [-0.15, -0.1) is 0 Å². The normalized spacial score (nSPS) is 25.7. The van der Waals surface area contributed by atoms with Crippen molar-refractivity contribution in [1.29, 1.82) is 15.8 Å². The van der Waals surface area contributed by atoms with Gasteiger partial charge in [0.25, 0.3) is 0 Å². The number of nitriles is 3. The average Bonchev–Trinajstić information content (AvgIpc) is 2.72. The van der Waals surface area contributed by atoms with E-state index in [-0.39, 0.29) is 17.0 Å². The Hall–Kier alpha value is -3.23. The third kappa shape index (κ3) is 3.16. The number of nitrogens with two attached hydrogens (primary N) is 1. The second-order valence-corrected chi connectivity index (χ2v) is 8.98. The lowest BCUT2D eigenvalue weighted by atomic mass is 9.54. The summed E-state index contributed by atoms with van der Waals surface area (Å²) >= 11 is 0. The highest BCUT2D eigenvalue weighted by Crippen LogP contribution is 2.57. The molecule has 29 heavy (non-hydrogen) atoms. The number of hydrogen-bond donors (Lipinski definition) is 1. The van der Waals surface area contributed by atoms with Gasteiger partial charge >= 0.3 is 0 Å². The number of rotatable bonds is 2. The summed E-state index contributed by atoms with van der Waals surface area (Å²) in [5.74, 6) is 0.517. The van der Waals surface area contributed by atoms with Crippen LogP contribution in [0.15, 0.2) is 47.2 Å². The molecule has 5 heteroatoms. The summed E-state index contributed by atoms with van der Waals surface area (Å²) < 4.78 is 5.27. The zero-order valence-electron chi connectivity index (χ0n) is 17.4. The molecule has 1 aromatic rings. The highest BCUT2D eigenvalue weighted by atomic mass is 16.5. The average molecular weight is 386 g/mol. The van der Waals surface area contributed by atoms with E-state index < -0.39 is 11.3 Å². The Balaban J connectivity index is 2.27. The van der Waals surface area contributed by atoms with Gasteiger partial charge in [0.2, 0.25) is 0 Å². The van der Waals surface area contributed by atoms with E-state index in [1.54, 1.807) is 7.11 Å². The van der Waals surface area contributed by atoms with Crippen LogP contribution in [-0.4, -0.2) is 7.11 Å². The minimum absolute atomic E-state index is 0.0718. The van der Waals surface area contributed by atoms with Gasteiger partial charge in [-0.2, -0.15) is 15.8 Å². The number of fused-ring (bicyclic) bond motifs is 1. The van der Waals surface area contributed by atoms with Gasteiger partial charge in [0.05, 0.1) is 30.5 Å². The highest BCUT2D eigenvalue weighted by molar-refractivity contribution is 5.59. The van der Waals surface area contributed by atoms with Gasteiger partial charge in [0.15, 0.2) is 5.41 Å². The van der Waals surface area contributed by atoms with Gasteiger partial charge in [0, 0.05) is 5.92 Å². The number of allylic oxidation sites excluding steroid dienone is 4. The van der Waals surface area contributed by atoms with E-state index in [1.807, 2.05) is 24.3 Å². The molecule has 0 bridgehead atoms. The summed E-state index contributed by atoms with van der Waals surface area (Å²) in [6.07, 6.45) is 3.76. The fraction of sp³-hybridized carbons (Fsp3) is 0.458. The molecule has 0 saturated heterocycles. The molecule has 2 N–H and O–H groups in total. The Morgan fingerprint density at radius 2 is 1.72 bits per heavy atom. The van der Waals surface area contributed by atoms with Crippen LogP contribution in [0.2, 0.25) is 0 Å². The van der Waals surface area contributed by atoms with Crippen molar-refractivity contribution in [3.8, 4) is 24.0 Å². The van der Waals surface area contributed by atoms with Gasteiger partial charge in [-0.25, -0.2) is 0 Å². The van der Waals surface area contributed by atoms with Gasteiger partial charge < -0.3 is 10.5 Å². The molecule has 3 atom stereocenters. The van der Waals surface area contributed by atoms with E-state index in [0.29, 0.717) is 17.2 Å². The molecule has 0 spiro atoms. The van der Waals surface area contributed by atoms with Crippen LogP contribution in [-0.2, 0) is 0 Å². The zero-order chi connectivity index (χ0) is 21.4. The van der Waals surface area contributed by atoms with Crippen molar-refractivity contribution < 1.29 is 4.74 Å². The lowest BCUT2D eigenvalue weighted by molar-refractivity contribution is 0.170. The third-order valence-electron chi connectivity index (χ3n) is 6.58. The molecule has 0 radical (unpaired) electrons. The standard InChI is InChI=1S/C24H26N4O/c1-23(2,3)16-7-10-18-19(11-16)21(15-5-8-17(29-4)9-6-15)24(13-26,14-27)22(28)20(18)12-25/h5-6,8-10,16,19,21H,7,11,28H2,1-4H3. The van der Waals surface area contributed by atoms with Crippen molar-refractivity contribution in [2.45, 2.75) is 39.5 Å². The summed E-state index contributed by atoms with van der Waals surface area (Å²) in [7, 11) is 1.60. The first-order valence-corrected chi connectivity index (χ1v) is 9.80. The topological polar surface area (TPSA) is 107 Å². The molecule has 0 heterocycles. The molecule has 3 unspecified atom stereocenters. The number of nitrogens with zero attached hydrogens (tertiary/aromatic N) is 3. The van der Waals surface area contributed by atoms with Crippen LogP contribution < -0.4 is 10.5 Å². The Labute approximate surface area is 172 Å². The second-order valence-electron chi connectivity index (χ2n) is 8.98. The van der Waals surface area contributed by atoms with Crippen LogP contribution in [0.4, 0.5) is 0 Å². The van der Waals surface area contributed by atoms with E-state index in [1.165, 1.54) is 0 Å². The zero-order valence-corrected chi connectivity index (χ0v) is 17.4.